The molecule has 8 heteroatoms. The van der Waals surface area contributed by atoms with Gasteiger partial charge in [-0.3, -0.25) is 0 Å². The van der Waals surface area contributed by atoms with E-state index in [9.17, 15) is 9.59 Å². The van der Waals surface area contributed by atoms with Gasteiger partial charge in [0.2, 0.25) is 0 Å². The zero-order valence-electron chi connectivity index (χ0n) is 17.0. The van der Waals surface area contributed by atoms with Gasteiger partial charge in [-0.25, -0.2) is 9.59 Å². The Bertz CT molecular complexity index is 1020. The van der Waals surface area contributed by atoms with Gasteiger partial charge in [0.05, 0.1) is 35.7 Å². The molecular formula is C22H20N2O4S2. The number of para-hydroxylation sites is 2. The molecule has 2 aliphatic rings. The van der Waals surface area contributed by atoms with Gasteiger partial charge < -0.3 is 19.3 Å². The Morgan fingerprint density at radius 3 is 1.40 bits per heavy atom. The summed E-state index contributed by atoms with van der Waals surface area (Å²) in [5.41, 5.74) is 2.30. The molecule has 4 rings (SSSR count). The Kier molecular flexibility index (Phi) is 5.53. The number of rotatable bonds is 3. The minimum atomic E-state index is -0.588. The maximum atomic E-state index is 13.0. The fraction of sp³-hybridized carbons (Fsp3) is 0.182. The number of carbonyl (C=O) groups is 2. The van der Waals surface area contributed by atoms with Gasteiger partial charge >= 0.3 is 11.9 Å². The van der Waals surface area contributed by atoms with Crippen LogP contribution in [0.3, 0.4) is 0 Å². The Morgan fingerprint density at radius 1 is 0.700 bits per heavy atom. The smallest absolute Gasteiger partial charge is 0.341 e. The second-order valence-electron chi connectivity index (χ2n) is 6.60. The molecule has 0 atom stereocenters. The molecule has 0 aliphatic carbocycles. The average Bonchev–Trinajstić information content (AvgIpc) is 3.28. The number of methoxy groups -OCH3 is 2. The lowest BCUT2D eigenvalue weighted by molar-refractivity contribution is -0.139. The standard InChI is InChI=1S/C22H20N2O4S2/c1-23-13-9-5-7-11-15(13)29-19(23)17(21(25)27-3)18(22(26)28-4)20-24(2)14-10-6-8-12-16(14)30-20/h5-12H,1-4H3/b19-17-,20-18-. The van der Waals surface area contributed by atoms with E-state index in [1.807, 2.05) is 72.4 Å². The first-order chi connectivity index (χ1) is 14.5. The highest BCUT2D eigenvalue weighted by atomic mass is 32.2. The molecule has 0 saturated heterocycles. The second kappa shape index (κ2) is 8.12. The van der Waals surface area contributed by atoms with Crippen LogP contribution in [0.1, 0.15) is 0 Å². The van der Waals surface area contributed by atoms with E-state index in [1.54, 1.807) is 0 Å². The number of nitrogens with zero attached hydrogens (tertiary/aromatic N) is 2. The highest BCUT2D eigenvalue weighted by Gasteiger charge is 2.38. The summed E-state index contributed by atoms with van der Waals surface area (Å²) >= 11 is 2.86. The second-order valence-corrected chi connectivity index (χ2v) is 8.66. The number of anilines is 2. The lowest BCUT2D eigenvalue weighted by Gasteiger charge is -2.21. The number of esters is 2. The summed E-state index contributed by atoms with van der Waals surface area (Å²) in [4.78, 5) is 31.8. The van der Waals surface area contributed by atoms with Crippen LogP contribution >= 0.6 is 23.5 Å². The number of hydrogen-bond donors (Lipinski definition) is 0. The molecule has 0 fully saturated rings. The summed E-state index contributed by atoms with van der Waals surface area (Å²) in [5, 5.41) is 1.25. The van der Waals surface area contributed by atoms with Crippen molar-refractivity contribution in [2.45, 2.75) is 9.79 Å². The molecule has 2 heterocycles. The first-order valence-corrected chi connectivity index (χ1v) is 10.8. The molecule has 0 N–H and O–H groups in total. The normalized spacial score (nSPS) is 18.0. The number of ether oxygens (including phenoxy) is 2. The maximum absolute atomic E-state index is 13.0. The molecule has 0 spiro atoms. The monoisotopic (exact) mass is 440 g/mol. The molecule has 30 heavy (non-hydrogen) atoms. The maximum Gasteiger partial charge on any atom is 0.341 e. The molecule has 6 nitrogen and oxygen atoms in total. The van der Waals surface area contributed by atoms with Crippen LogP contribution in [-0.4, -0.2) is 40.3 Å². The summed E-state index contributed by atoms with van der Waals surface area (Å²) in [6, 6.07) is 15.7. The third kappa shape index (κ3) is 3.26. The third-order valence-electron chi connectivity index (χ3n) is 4.93. The highest BCUT2D eigenvalue weighted by molar-refractivity contribution is 8.04. The largest absolute Gasteiger partial charge is 0.465 e. The van der Waals surface area contributed by atoms with Gasteiger partial charge in [0.1, 0.15) is 11.1 Å². The van der Waals surface area contributed by atoms with Crippen molar-refractivity contribution in [1.82, 2.24) is 0 Å². The van der Waals surface area contributed by atoms with Crippen molar-refractivity contribution >= 4 is 46.8 Å². The topological polar surface area (TPSA) is 59.1 Å². The van der Waals surface area contributed by atoms with Gasteiger partial charge in [-0.05, 0) is 24.3 Å². The zero-order chi connectivity index (χ0) is 21.4. The fourth-order valence-electron chi connectivity index (χ4n) is 3.44. The minimum Gasteiger partial charge on any atom is -0.465 e. The lowest BCUT2D eigenvalue weighted by Crippen LogP contribution is -2.25. The Hall–Kier alpha value is -2.84. The number of fused-ring (bicyclic) bond motifs is 2. The molecule has 0 radical (unpaired) electrons. The molecule has 2 aliphatic heterocycles. The van der Waals surface area contributed by atoms with E-state index in [0.717, 1.165) is 21.2 Å². The van der Waals surface area contributed by atoms with Crippen LogP contribution < -0.4 is 9.80 Å². The minimum absolute atomic E-state index is 0.190. The number of carbonyl (C=O) groups excluding carboxylic acids is 2. The predicted octanol–water partition coefficient (Wildman–Crippen LogP) is 4.24. The summed E-state index contributed by atoms with van der Waals surface area (Å²) in [6.07, 6.45) is 0. The van der Waals surface area contributed by atoms with Gasteiger partial charge in [0.25, 0.3) is 0 Å². The van der Waals surface area contributed by atoms with Crippen LogP contribution in [0.15, 0.2) is 79.5 Å². The average molecular weight is 441 g/mol. The van der Waals surface area contributed by atoms with Crippen molar-refractivity contribution in [3.63, 3.8) is 0 Å². The number of benzene rings is 2. The van der Waals surface area contributed by atoms with Crippen LogP contribution in [0, 0.1) is 0 Å². The zero-order valence-corrected chi connectivity index (χ0v) is 18.6. The van der Waals surface area contributed by atoms with Gasteiger partial charge in [-0.15, -0.1) is 0 Å². The van der Waals surface area contributed by atoms with Crippen LogP contribution in [0.4, 0.5) is 11.4 Å². The summed E-state index contributed by atoms with van der Waals surface area (Å²) in [6.45, 7) is 0. The van der Waals surface area contributed by atoms with Gasteiger partial charge in [0.15, 0.2) is 0 Å². The molecule has 0 bridgehead atoms. The van der Waals surface area contributed by atoms with Gasteiger partial charge in [-0.1, -0.05) is 47.8 Å². The van der Waals surface area contributed by atoms with E-state index in [4.69, 9.17) is 9.47 Å². The van der Waals surface area contributed by atoms with Crippen molar-refractivity contribution in [3.05, 3.63) is 69.7 Å². The van der Waals surface area contributed by atoms with E-state index in [-0.39, 0.29) is 11.1 Å². The van der Waals surface area contributed by atoms with E-state index < -0.39 is 11.9 Å². The van der Waals surface area contributed by atoms with Crippen LogP contribution in [0.5, 0.6) is 0 Å². The van der Waals surface area contributed by atoms with Crippen molar-refractivity contribution in [2.75, 3.05) is 38.1 Å². The van der Waals surface area contributed by atoms with Crippen molar-refractivity contribution in [3.8, 4) is 0 Å². The van der Waals surface area contributed by atoms with E-state index in [2.05, 4.69) is 0 Å². The van der Waals surface area contributed by atoms with Crippen molar-refractivity contribution in [1.29, 1.82) is 0 Å². The van der Waals surface area contributed by atoms with E-state index in [0.29, 0.717) is 10.1 Å². The SMILES string of the molecule is COC(=O)C(/C(C(=O)OC)=C1/Sc2ccccc2N1C)=C1\Sc2ccccc2N1C. The van der Waals surface area contributed by atoms with E-state index >= 15 is 0 Å². The van der Waals surface area contributed by atoms with Crippen LogP contribution in [0.25, 0.3) is 0 Å². The molecule has 0 amide bonds. The fourth-order valence-corrected chi connectivity index (χ4v) is 5.81. The predicted molar refractivity (Wildman–Crippen MR) is 119 cm³/mol. The van der Waals surface area contributed by atoms with Crippen molar-refractivity contribution in [2.24, 2.45) is 0 Å². The first-order valence-electron chi connectivity index (χ1n) is 9.14. The molecule has 0 unspecified atom stereocenters. The lowest BCUT2D eigenvalue weighted by atomic mass is 10.1. The number of thioether (sulfide) groups is 2. The van der Waals surface area contributed by atoms with Gasteiger partial charge in [0, 0.05) is 23.9 Å². The quantitative estimate of drug-likeness (QED) is 0.519. The molecule has 0 saturated carbocycles. The van der Waals surface area contributed by atoms with Gasteiger partial charge in [-0.2, -0.15) is 0 Å². The summed E-state index contributed by atoms with van der Waals surface area (Å²) in [5.74, 6) is -1.18. The summed E-state index contributed by atoms with van der Waals surface area (Å²) < 4.78 is 10.2. The highest BCUT2D eigenvalue weighted by Crippen LogP contribution is 2.51. The van der Waals surface area contributed by atoms with E-state index in [1.165, 1.54) is 37.7 Å². The van der Waals surface area contributed by atoms with Crippen LogP contribution in [0.2, 0.25) is 0 Å². The molecule has 2 aromatic rings. The third-order valence-corrected chi connectivity index (χ3v) is 7.41. The molecular weight excluding hydrogens is 420 g/mol. The first kappa shape index (κ1) is 20.4. The Labute approximate surface area is 183 Å². The molecule has 0 aromatic heterocycles. The Morgan fingerprint density at radius 2 is 1.07 bits per heavy atom. The molecule has 2 aromatic carbocycles. The molecule has 154 valence electrons. The van der Waals surface area contributed by atoms with Crippen LogP contribution in [-0.2, 0) is 19.1 Å². The van der Waals surface area contributed by atoms with Crippen molar-refractivity contribution < 1.29 is 19.1 Å². The number of hydrogen-bond acceptors (Lipinski definition) is 8. The summed E-state index contributed by atoms with van der Waals surface area (Å²) in [7, 11) is 6.37. The Balaban J connectivity index is 1.95.